The first-order valence-corrected chi connectivity index (χ1v) is 11.3. The molecule has 8 atom stereocenters. The molecule has 0 heterocycles. The second-order valence-corrected chi connectivity index (χ2v) is 11.2. The molecule has 0 spiro atoms. The van der Waals surface area contributed by atoms with E-state index < -0.39 is 24.2 Å². The van der Waals surface area contributed by atoms with Gasteiger partial charge in [-0.2, -0.15) is 13.2 Å². The van der Waals surface area contributed by atoms with Crippen LogP contribution in [0.2, 0.25) is 0 Å². The predicted octanol–water partition coefficient (Wildman–Crippen LogP) is 5.30. The van der Waals surface area contributed by atoms with Crippen molar-refractivity contribution in [3.05, 3.63) is 0 Å². The summed E-state index contributed by atoms with van der Waals surface area (Å²) in [6.45, 7) is 5.73. The molecule has 0 radical (unpaired) electrons. The second-order valence-electron chi connectivity index (χ2n) is 11.2. The fourth-order valence-corrected chi connectivity index (χ4v) is 7.92. The van der Waals surface area contributed by atoms with Gasteiger partial charge in [0.05, 0.1) is 11.7 Å². The van der Waals surface area contributed by atoms with Gasteiger partial charge in [0.25, 0.3) is 5.78 Å². The van der Waals surface area contributed by atoms with E-state index in [-0.39, 0.29) is 16.9 Å². The topological polar surface area (TPSA) is 46.5 Å². The molecule has 1 N–H and O–H groups in total. The Kier molecular flexibility index (Phi) is 5.17. The summed E-state index contributed by atoms with van der Waals surface area (Å²) in [6, 6.07) is 0. The van der Waals surface area contributed by atoms with Gasteiger partial charge in [-0.05, 0) is 99.2 Å². The molecule has 4 aliphatic rings. The third-order valence-corrected chi connectivity index (χ3v) is 9.60. The summed E-state index contributed by atoms with van der Waals surface area (Å²) < 4.78 is 43.3. The van der Waals surface area contributed by atoms with E-state index in [1.165, 1.54) is 0 Å². The van der Waals surface area contributed by atoms with Gasteiger partial charge >= 0.3 is 6.18 Å². The van der Waals surface area contributed by atoms with E-state index in [2.05, 4.69) is 13.8 Å². The quantitative estimate of drug-likeness (QED) is 0.679. The monoisotopic (exact) mass is 416 g/mol. The molecule has 3 nitrogen and oxygen atoms in total. The largest absolute Gasteiger partial charge is 0.452 e. The highest BCUT2D eigenvalue weighted by molar-refractivity contribution is 5.85. The Morgan fingerprint density at radius 1 is 0.966 bits per heavy atom. The molecule has 0 aliphatic heterocycles. The van der Waals surface area contributed by atoms with Gasteiger partial charge in [0.2, 0.25) is 0 Å². The fourth-order valence-electron chi connectivity index (χ4n) is 7.92. The number of carbonyl (C=O) groups excluding carboxylic acids is 1. The molecule has 0 bridgehead atoms. The molecule has 0 aromatic carbocycles. The van der Waals surface area contributed by atoms with Crippen molar-refractivity contribution in [1.29, 1.82) is 0 Å². The first kappa shape index (κ1) is 21.6. The van der Waals surface area contributed by atoms with Crippen LogP contribution in [0.3, 0.4) is 0 Å². The molecule has 7 unspecified atom stereocenters. The normalized spacial score (nSPS) is 49.8. The highest BCUT2D eigenvalue weighted by Gasteiger charge is 2.61. The van der Waals surface area contributed by atoms with Crippen LogP contribution < -0.4 is 0 Å². The lowest BCUT2D eigenvalue weighted by Crippen LogP contribution is -2.56. The summed E-state index contributed by atoms with van der Waals surface area (Å²) >= 11 is 0. The number of halogens is 3. The minimum absolute atomic E-state index is 0.129. The zero-order valence-corrected chi connectivity index (χ0v) is 17.9. The van der Waals surface area contributed by atoms with Crippen molar-refractivity contribution in [3.8, 4) is 0 Å². The Morgan fingerprint density at radius 2 is 1.66 bits per heavy atom. The van der Waals surface area contributed by atoms with Crippen molar-refractivity contribution in [2.75, 3.05) is 6.61 Å². The number of ketones is 1. The van der Waals surface area contributed by atoms with Gasteiger partial charge in [0, 0.05) is 0 Å². The molecule has 0 aromatic rings. The smallest absolute Gasteiger partial charge is 0.390 e. The van der Waals surface area contributed by atoms with Crippen molar-refractivity contribution < 1.29 is 27.8 Å². The average molecular weight is 417 g/mol. The van der Waals surface area contributed by atoms with Crippen molar-refractivity contribution in [2.45, 2.75) is 96.4 Å². The summed E-state index contributed by atoms with van der Waals surface area (Å²) in [6.07, 6.45) is 3.82. The van der Waals surface area contributed by atoms with Gasteiger partial charge in [-0.15, -0.1) is 0 Å². The van der Waals surface area contributed by atoms with E-state index in [1.807, 2.05) is 6.92 Å². The molecule has 4 rings (SSSR count). The van der Waals surface area contributed by atoms with Gasteiger partial charge in [-0.3, -0.25) is 4.79 Å². The minimum Gasteiger partial charge on any atom is -0.390 e. The number of Topliss-reactive ketones (excluding diaryl/α,β-unsaturated/α-hetero) is 1. The summed E-state index contributed by atoms with van der Waals surface area (Å²) in [4.78, 5) is 11.3. The number of hydrogen-bond donors (Lipinski definition) is 1. The lowest BCUT2D eigenvalue weighted by Gasteiger charge is -2.61. The van der Waals surface area contributed by atoms with Crippen LogP contribution in [-0.2, 0) is 9.53 Å². The first-order valence-electron chi connectivity index (χ1n) is 11.3. The zero-order valence-electron chi connectivity index (χ0n) is 17.9. The van der Waals surface area contributed by atoms with Crippen molar-refractivity contribution >= 4 is 5.78 Å². The number of alkyl halides is 3. The highest BCUT2D eigenvalue weighted by Crippen LogP contribution is 2.67. The van der Waals surface area contributed by atoms with Crippen LogP contribution in [0.1, 0.15) is 78.6 Å². The molecule has 166 valence electrons. The SMILES string of the molecule is CC12CC[C@](C)(O)CC1CCC1C2CCC2(C)C(OCC(=O)C(F)(F)F)CCC12. The van der Waals surface area contributed by atoms with Crippen LogP contribution in [0.4, 0.5) is 13.2 Å². The predicted molar refractivity (Wildman–Crippen MR) is 103 cm³/mol. The van der Waals surface area contributed by atoms with E-state index in [4.69, 9.17) is 4.74 Å². The maximum atomic E-state index is 12.6. The molecule has 0 amide bonds. The van der Waals surface area contributed by atoms with Gasteiger partial charge in [-0.1, -0.05) is 13.8 Å². The Morgan fingerprint density at radius 3 is 2.34 bits per heavy atom. The molecule has 6 heteroatoms. The number of aliphatic hydroxyl groups is 1. The number of fused-ring (bicyclic) bond motifs is 5. The molecular formula is C23H35F3O3. The first-order chi connectivity index (χ1) is 13.4. The number of hydrogen-bond acceptors (Lipinski definition) is 3. The second kappa shape index (κ2) is 6.94. The summed E-state index contributed by atoms with van der Waals surface area (Å²) in [5.74, 6) is 0.471. The minimum atomic E-state index is -4.81. The Hall–Kier alpha value is -0.620. The number of rotatable bonds is 3. The summed E-state index contributed by atoms with van der Waals surface area (Å²) in [7, 11) is 0. The summed E-state index contributed by atoms with van der Waals surface area (Å²) in [5.41, 5.74) is -0.411. The molecule has 0 saturated heterocycles. The lowest BCUT2D eigenvalue weighted by atomic mass is 9.44. The van der Waals surface area contributed by atoms with Crippen LogP contribution in [0.5, 0.6) is 0 Å². The van der Waals surface area contributed by atoms with Crippen LogP contribution in [0.25, 0.3) is 0 Å². The molecular weight excluding hydrogens is 381 g/mol. The standard InChI is InChI=1S/C23H35F3O3/c1-20(28)10-11-21(2)14(12-20)4-5-15-16-6-7-19(22(16,3)9-8-17(15)21)29-13-18(27)23(24,25)26/h14-17,19,28H,4-13H2,1-3H3/t14?,15?,16?,17?,19?,20-,21?,22?/m0/s1. The Labute approximate surface area is 171 Å². The average Bonchev–Trinajstić information content (AvgIpc) is 2.95. The fraction of sp³-hybridized carbons (Fsp3) is 0.957. The van der Waals surface area contributed by atoms with Gasteiger partial charge in [-0.25, -0.2) is 0 Å². The lowest BCUT2D eigenvalue weighted by molar-refractivity contribution is -0.182. The molecule has 4 aliphatic carbocycles. The van der Waals surface area contributed by atoms with Crippen LogP contribution >= 0.6 is 0 Å². The Bertz CT molecular complexity index is 660. The zero-order chi connectivity index (χ0) is 21.2. The van der Waals surface area contributed by atoms with E-state index in [0.29, 0.717) is 23.7 Å². The van der Waals surface area contributed by atoms with Crippen molar-refractivity contribution in [3.63, 3.8) is 0 Å². The Balaban J connectivity index is 1.47. The highest BCUT2D eigenvalue weighted by atomic mass is 19.4. The van der Waals surface area contributed by atoms with E-state index in [9.17, 15) is 23.1 Å². The van der Waals surface area contributed by atoms with E-state index in [1.54, 1.807) is 0 Å². The maximum absolute atomic E-state index is 12.6. The third kappa shape index (κ3) is 3.56. The van der Waals surface area contributed by atoms with Crippen LogP contribution in [0.15, 0.2) is 0 Å². The van der Waals surface area contributed by atoms with E-state index >= 15 is 0 Å². The van der Waals surface area contributed by atoms with Crippen molar-refractivity contribution in [1.82, 2.24) is 0 Å². The maximum Gasteiger partial charge on any atom is 0.452 e. The number of carbonyl (C=O) groups is 1. The summed E-state index contributed by atoms with van der Waals surface area (Å²) in [5, 5.41) is 10.6. The van der Waals surface area contributed by atoms with Crippen LogP contribution in [-0.4, -0.2) is 35.4 Å². The molecule has 4 fully saturated rings. The van der Waals surface area contributed by atoms with Crippen LogP contribution in [0, 0.1) is 34.5 Å². The molecule has 0 aromatic heterocycles. The number of ether oxygens (including phenoxy) is 1. The molecule has 4 saturated carbocycles. The van der Waals surface area contributed by atoms with Gasteiger partial charge in [0.15, 0.2) is 0 Å². The van der Waals surface area contributed by atoms with E-state index in [0.717, 1.165) is 57.8 Å². The van der Waals surface area contributed by atoms with Gasteiger partial charge in [0.1, 0.15) is 6.61 Å². The van der Waals surface area contributed by atoms with Gasteiger partial charge < -0.3 is 9.84 Å². The third-order valence-electron chi connectivity index (χ3n) is 9.60. The molecule has 29 heavy (non-hydrogen) atoms. The van der Waals surface area contributed by atoms with Crippen molar-refractivity contribution in [2.24, 2.45) is 34.5 Å².